The monoisotopic (exact) mass is 169 g/mol. The van der Waals surface area contributed by atoms with Crippen LogP contribution in [0.15, 0.2) is 0 Å². The molecule has 0 unspecified atom stereocenters. The molecule has 0 aromatic heterocycles. The standard InChI is InChI=1S/C9H15NO2/c1-4-5-6-7-9(2,10-3)8(11)12/h1,10H,5-7H2,2-3H3,(H,11,12)/t9-/m0/s1. The first-order chi connectivity index (χ1) is 5.56. The van der Waals surface area contributed by atoms with Crippen molar-refractivity contribution in [3.63, 3.8) is 0 Å². The normalized spacial score (nSPS) is 14.8. The Kier molecular flexibility index (Phi) is 4.38. The predicted molar refractivity (Wildman–Crippen MR) is 47.8 cm³/mol. The summed E-state index contributed by atoms with van der Waals surface area (Å²) < 4.78 is 0. The summed E-state index contributed by atoms with van der Waals surface area (Å²) in [4.78, 5) is 10.7. The van der Waals surface area contributed by atoms with Gasteiger partial charge in [-0.2, -0.15) is 0 Å². The third kappa shape index (κ3) is 2.93. The molecule has 0 aromatic rings. The first kappa shape index (κ1) is 11.0. The highest BCUT2D eigenvalue weighted by Gasteiger charge is 2.29. The first-order valence-corrected chi connectivity index (χ1v) is 3.92. The number of nitrogens with one attached hydrogen (secondary N) is 1. The van der Waals surface area contributed by atoms with Gasteiger partial charge in [0.05, 0.1) is 0 Å². The van der Waals surface area contributed by atoms with Crippen LogP contribution >= 0.6 is 0 Å². The average molecular weight is 169 g/mol. The van der Waals surface area contributed by atoms with E-state index in [1.807, 2.05) is 0 Å². The molecule has 0 aliphatic carbocycles. The van der Waals surface area contributed by atoms with Crippen LogP contribution in [0.4, 0.5) is 0 Å². The number of unbranched alkanes of at least 4 members (excludes halogenated alkanes) is 1. The Balaban J connectivity index is 3.99. The van der Waals surface area contributed by atoms with Crippen LogP contribution in [0.5, 0.6) is 0 Å². The molecule has 3 nitrogen and oxygen atoms in total. The van der Waals surface area contributed by atoms with E-state index < -0.39 is 11.5 Å². The highest BCUT2D eigenvalue weighted by molar-refractivity contribution is 5.78. The van der Waals surface area contributed by atoms with Crippen molar-refractivity contribution >= 4 is 5.97 Å². The molecule has 0 bridgehead atoms. The van der Waals surface area contributed by atoms with Crippen molar-refractivity contribution in [3.05, 3.63) is 0 Å². The zero-order valence-electron chi connectivity index (χ0n) is 7.55. The Hall–Kier alpha value is -1.01. The Labute approximate surface area is 73.2 Å². The minimum Gasteiger partial charge on any atom is -0.480 e. The number of carboxylic acid groups (broad SMARTS) is 1. The van der Waals surface area contributed by atoms with Gasteiger partial charge in [0.15, 0.2) is 0 Å². The molecule has 0 amide bonds. The molecule has 0 spiro atoms. The fourth-order valence-electron chi connectivity index (χ4n) is 0.883. The van der Waals surface area contributed by atoms with Crippen LogP contribution in [-0.2, 0) is 4.79 Å². The number of carbonyl (C=O) groups is 1. The van der Waals surface area contributed by atoms with E-state index in [0.717, 1.165) is 6.42 Å². The summed E-state index contributed by atoms with van der Waals surface area (Å²) in [5.41, 5.74) is -0.836. The van der Waals surface area contributed by atoms with Gasteiger partial charge in [0.2, 0.25) is 0 Å². The van der Waals surface area contributed by atoms with Crippen molar-refractivity contribution in [1.82, 2.24) is 5.32 Å². The van der Waals surface area contributed by atoms with Gasteiger partial charge in [-0.05, 0) is 26.8 Å². The van der Waals surface area contributed by atoms with Crippen LogP contribution in [0.3, 0.4) is 0 Å². The Morgan fingerprint density at radius 1 is 1.75 bits per heavy atom. The van der Waals surface area contributed by atoms with Gasteiger partial charge in [-0.3, -0.25) is 4.79 Å². The summed E-state index contributed by atoms with van der Waals surface area (Å²) in [5.74, 6) is 1.65. The van der Waals surface area contributed by atoms with E-state index in [-0.39, 0.29) is 0 Å². The molecule has 2 N–H and O–H groups in total. The maximum absolute atomic E-state index is 10.7. The molecule has 0 saturated carbocycles. The van der Waals surface area contributed by atoms with Crippen LogP contribution in [0.1, 0.15) is 26.2 Å². The van der Waals surface area contributed by atoms with E-state index in [1.54, 1.807) is 14.0 Å². The molecule has 3 heteroatoms. The molecule has 1 atom stereocenters. The smallest absolute Gasteiger partial charge is 0.323 e. The van der Waals surface area contributed by atoms with Crippen LogP contribution in [-0.4, -0.2) is 23.7 Å². The van der Waals surface area contributed by atoms with Gasteiger partial charge >= 0.3 is 5.97 Å². The van der Waals surface area contributed by atoms with Gasteiger partial charge in [-0.25, -0.2) is 0 Å². The lowest BCUT2D eigenvalue weighted by atomic mass is 9.95. The second-order valence-electron chi connectivity index (χ2n) is 2.94. The molecule has 0 aliphatic heterocycles. The molecule has 0 heterocycles. The molecule has 0 rings (SSSR count). The SMILES string of the molecule is C#CCCC[C@](C)(NC)C(=O)O. The zero-order valence-corrected chi connectivity index (χ0v) is 7.55. The summed E-state index contributed by atoms with van der Waals surface area (Å²) in [6.07, 6.45) is 6.98. The maximum Gasteiger partial charge on any atom is 0.323 e. The predicted octanol–water partition coefficient (Wildman–Crippen LogP) is 0.853. The summed E-state index contributed by atoms with van der Waals surface area (Å²) in [7, 11) is 1.64. The lowest BCUT2D eigenvalue weighted by molar-refractivity contribution is -0.144. The van der Waals surface area contributed by atoms with E-state index in [1.165, 1.54) is 0 Å². The van der Waals surface area contributed by atoms with Crippen LogP contribution < -0.4 is 5.32 Å². The Morgan fingerprint density at radius 2 is 2.33 bits per heavy atom. The van der Waals surface area contributed by atoms with Crippen molar-refractivity contribution < 1.29 is 9.90 Å². The van der Waals surface area contributed by atoms with Gasteiger partial charge in [0, 0.05) is 6.42 Å². The van der Waals surface area contributed by atoms with E-state index in [4.69, 9.17) is 11.5 Å². The highest BCUT2D eigenvalue weighted by Crippen LogP contribution is 2.12. The van der Waals surface area contributed by atoms with Crippen molar-refractivity contribution in [2.24, 2.45) is 0 Å². The molecule has 0 saturated heterocycles. The highest BCUT2D eigenvalue weighted by atomic mass is 16.4. The molecule has 68 valence electrons. The number of carboxylic acids is 1. The number of rotatable bonds is 5. The fraction of sp³-hybridized carbons (Fsp3) is 0.667. The first-order valence-electron chi connectivity index (χ1n) is 3.92. The zero-order chi connectivity index (χ0) is 9.61. The van der Waals surface area contributed by atoms with Crippen LogP contribution in [0, 0.1) is 12.3 Å². The molecular weight excluding hydrogens is 154 g/mol. The van der Waals surface area contributed by atoms with Crippen LogP contribution in [0.2, 0.25) is 0 Å². The topological polar surface area (TPSA) is 49.3 Å². The number of hydrogen-bond donors (Lipinski definition) is 2. The van der Waals surface area contributed by atoms with Crippen molar-refractivity contribution in [2.75, 3.05) is 7.05 Å². The molecule has 0 aliphatic rings. The molecule has 0 radical (unpaired) electrons. The number of hydrogen-bond acceptors (Lipinski definition) is 2. The minimum absolute atomic E-state index is 0.559. The van der Waals surface area contributed by atoms with E-state index in [9.17, 15) is 4.79 Å². The summed E-state index contributed by atoms with van der Waals surface area (Å²) in [5, 5.41) is 11.6. The number of likely N-dealkylation sites (N-methyl/N-ethyl adjacent to an activating group) is 1. The van der Waals surface area contributed by atoms with Gasteiger partial charge < -0.3 is 10.4 Å². The van der Waals surface area contributed by atoms with Gasteiger partial charge in [-0.15, -0.1) is 12.3 Å². The van der Waals surface area contributed by atoms with Crippen molar-refractivity contribution in [1.29, 1.82) is 0 Å². The van der Waals surface area contributed by atoms with Crippen molar-refractivity contribution in [2.45, 2.75) is 31.7 Å². The maximum atomic E-state index is 10.7. The second kappa shape index (κ2) is 4.78. The summed E-state index contributed by atoms with van der Waals surface area (Å²) in [6, 6.07) is 0. The van der Waals surface area contributed by atoms with E-state index in [2.05, 4.69) is 11.2 Å². The lowest BCUT2D eigenvalue weighted by Crippen LogP contribution is -2.47. The third-order valence-electron chi connectivity index (χ3n) is 2.02. The third-order valence-corrected chi connectivity index (χ3v) is 2.02. The van der Waals surface area contributed by atoms with E-state index in [0.29, 0.717) is 12.8 Å². The molecule has 12 heavy (non-hydrogen) atoms. The summed E-state index contributed by atoms with van der Waals surface area (Å²) >= 11 is 0. The second-order valence-corrected chi connectivity index (χ2v) is 2.94. The van der Waals surface area contributed by atoms with Gasteiger partial charge in [-0.1, -0.05) is 0 Å². The van der Waals surface area contributed by atoms with Gasteiger partial charge in [0.25, 0.3) is 0 Å². The average Bonchev–Trinajstić information content (AvgIpc) is 2.04. The van der Waals surface area contributed by atoms with E-state index >= 15 is 0 Å². The Morgan fingerprint density at radius 3 is 2.67 bits per heavy atom. The molecular formula is C9H15NO2. The molecule has 0 aromatic carbocycles. The Bertz CT molecular complexity index is 195. The number of aliphatic carboxylic acids is 1. The number of terminal acetylenes is 1. The quantitative estimate of drug-likeness (QED) is 0.474. The van der Waals surface area contributed by atoms with Gasteiger partial charge in [0.1, 0.15) is 5.54 Å². The fourth-order valence-corrected chi connectivity index (χ4v) is 0.883. The lowest BCUT2D eigenvalue weighted by Gasteiger charge is -2.23. The van der Waals surface area contributed by atoms with Crippen molar-refractivity contribution in [3.8, 4) is 12.3 Å². The largest absolute Gasteiger partial charge is 0.480 e. The minimum atomic E-state index is -0.836. The van der Waals surface area contributed by atoms with Crippen LogP contribution in [0.25, 0.3) is 0 Å². The molecule has 0 fully saturated rings. The summed E-state index contributed by atoms with van der Waals surface area (Å²) in [6.45, 7) is 1.66.